The summed E-state index contributed by atoms with van der Waals surface area (Å²) in [5, 5.41) is 8.73. The van der Waals surface area contributed by atoms with Crippen LogP contribution in [-0.2, 0) is 4.79 Å². The number of benzene rings is 1. The van der Waals surface area contributed by atoms with E-state index in [1.807, 2.05) is 30.3 Å². The third-order valence-corrected chi connectivity index (χ3v) is 2.81. The predicted octanol–water partition coefficient (Wildman–Crippen LogP) is 1.20. The van der Waals surface area contributed by atoms with Crippen molar-refractivity contribution in [1.29, 1.82) is 0 Å². The molecule has 1 aromatic rings. The van der Waals surface area contributed by atoms with Gasteiger partial charge in [-0.3, -0.25) is 4.79 Å². The van der Waals surface area contributed by atoms with Crippen LogP contribution < -0.4 is 5.73 Å². The van der Waals surface area contributed by atoms with E-state index in [-0.39, 0.29) is 5.92 Å². The van der Waals surface area contributed by atoms with E-state index < -0.39 is 12.0 Å². The summed E-state index contributed by atoms with van der Waals surface area (Å²) in [6.45, 7) is 0. The molecule has 1 aromatic carbocycles. The van der Waals surface area contributed by atoms with Gasteiger partial charge >= 0.3 is 5.97 Å². The minimum absolute atomic E-state index is 0.120. The maximum Gasteiger partial charge on any atom is 0.320 e. The van der Waals surface area contributed by atoms with Crippen LogP contribution in [0.2, 0.25) is 0 Å². The van der Waals surface area contributed by atoms with Crippen LogP contribution in [0.4, 0.5) is 0 Å². The number of rotatable bonds is 3. The summed E-state index contributed by atoms with van der Waals surface area (Å²) in [5.41, 5.74) is 6.75. The zero-order valence-corrected chi connectivity index (χ0v) is 7.76. The molecule has 3 nitrogen and oxygen atoms in total. The van der Waals surface area contributed by atoms with Gasteiger partial charge in [-0.1, -0.05) is 30.3 Å². The molecule has 0 aromatic heterocycles. The van der Waals surface area contributed by atoms with Crippen LogP contribution in [0, 0.1) is 5.92 Å². The van der Waals surface area contributed by atoms with Crippen molar-refractivity contribution in [3.05, 3.63) is 35.9 Å². The molecule has 3 atom stereocenters. The minimum Gasteiger partial charge on any atom is -0.480 e. The van der Waals surface area contributed by atoms with Gasteiger partial charge in [-0.15, -0.1) is 0 Å². The molecular formula is C11H13NO2. The average Bonchev–Trinajstić information content (AvgIpc) is 2.97. The van der Waals surface area contributed by atoms with Crippen molar-refractivity contribution in [1.82, 2.24) is 0 Å². The number of aliphatic carboxylic acids is 1. The fraction of sp³-hybridized carbons (Fsp3) is 0.364. The van der Waals surface area contributed by atoms with Crippen LogP contribution in [-0.4, -0.2) is 17.1 Å². The number of nitrogens with two attached hydrogens (primary N) is 1. The van der Waals surface area contributed by atoms with Crippen LogP contribution in [0.15, 0.2) is 30.3 Å². The molecule has 0 amide bonds. The molecule has 3 N–H and O–H groups in total. The van der Waals surface area contributed by atoms with E-state index in [1.165, 1.54) is 5.56 Å². The van der Waals surface area contributed by atoms with Crippen molar-refractivity contribution in [2.75, 3.05) is 0 Å². The summed E-state index contributed by atoms with van der Waals surface area (Å²) < 4.78 is 0. The summed E-state index contributed by atoms with van der Waals surface area (Å²) in [6.07, 6.45) is 0.900. The van der Waals surface area contributed by atoms with E-state index in [9.17, 15) is 4.79 Å². The molecule has 1 aliphatic rings. The molecule has 0 bridgehead atoms. The van der Waals surface area contributed by atoms with Gasteiger partial charge in [0.1, 0.15) is 6.04 Å². The highest BCUT2D eigenvalue weighted by Crippen LogP contribution is 2.48. The standard InChI is InChI=1S/C11H13NO2/c12-10(11(13)14)9-6-8(9)7-4-2-1-3-5-7/h1-5,8-10H,6,12H2,(H,13,14)/t8-,9+,10?/m0/s1. The van der Waals surface area contributed by atoms with E-state index in [0.717, 1.165) is 6.42 Å². The van der Waals surface area contributed by atoms with E-state index in [2.05, 4.69) is 0 Å². The molecule has 0 radical (unpaired) electrons. The molecule has 0 aliphatic heterocycles. The minimum atomic E-state index is -0.895. The third kappa shape index (κ3) is 1.63. The van der Waals surface area contributed by atoms with E-state index in [4.69, 9.17) is 10.8 Å². The third-order valence-electron chi connectivity index (χ3n) is 2.81. The molecule has 0 saturated heterocycles. The smallest absolute Gasteiger partial charge is 0.320 e. The number of hydrogen-bond donors (Lipinski definition) is 2. The van der Waals surface area contributed by atoms with Crippen molar-refractivity contribution in [3.8, 4) is 0 Å². The van der Waals surface area contributed by atoms with E-state index >= 15 is 0 Å². The van der Waals surface area contributed by atoms with Crippen LogP contribution in [0.1, 0.15) is 17.9 Å². The molecule has 1 saturated carbocycles. The molecule has 1 aliphatic carbocycles. The maximum atomic E-state index is 10.6. The summed E-state index contributed by atoms with van der Waals surface area (Å²) in [5.74, 6) is -0.425. The van der Waals surface area contributed by atoms with Crippen LogP contribution in [0.25, 0.3) is 0 Å². The maximum absolute atomic E-state index is 10.6. The second kappa shape index (κ2) is 3.42. The molecule has 0 heterocycles. The Morgan fingerprint density at radius 2 is 2.07 bits per heavy atom. The molecule has 2 rings (SSSR count). The first-order chi connectivity index (χ1) is 6.70. The molecular weight excluding hydrogens is 178 g/mol. The van der Waals surface area contributed by atoms with E-state index in [0.29, 0.717) is 5.92 Å². The Hall–Kier alpha value is -1.35. The lowest BCUT2D eigenvalue weighted by molar-refractivity contribution is -0.139. The topological polar surface area (TPSA) is 63.3 Å². The van der Waals surface area contributed by atoms with E-state index in [1.54, 1.807) is 0 Å². The molecule has 3 heteroatoms. The van der Waals surface area contributed by atoms with Gasteiger partial charge in [-0.2, -0.15) is 0 Å². The molecule has 14 heavy (non-hydrogen) atoms. The van der Waals surface area contributed by atoms with Gasteiger partial charge in [-0.25, -0.2) is 0 Å². The Kier molecular flexibility index (Phi) is 2.25. The lowest BCUT2D eigenvalue weighted by Gasteiger charge is -2.04. The van der Waals surface area contributed by atoms with Crippen LogP contribution >= 0.6 is 0 Å². The lowest BCUT2D eigenvalue weighted by Crippen LogP contribution is -2.32. The quantitative estimate of drug-likeness (QED) is 0.754. The normalized spacial score (nSPS) is 26.9. The first-order valence-electron chi connectivity index (χ1n) is 4.73. The lowest BCUT2D eigenvalue weighted by atomic mass is 10.1. The number of hydrogen-bond acceptors (Lipinski definition) is 2. The molecule has 74 valence electrons. The summed E-state index contributed by atoms with van der Waals surface area (Å²) in [7, 11) is 0. The number of carbonyl (C=O) groups is 1. The first-order valence-corrected chi connectivity index (χ1v) is 4.73. The molecule has 1 fully saturated rings. The Balaban J connectivity index is 2.03. The number of carboxylic acid groups (broad SMARTS) is 1. The fourth-order valence-electron chi connectivity index (χ4n) is 1.88. The predicted molar refractivity (Wildman–Crippen MR) is 52.9 cm³/mol. The van der Waals surface area contributed by atoms with Crippen molar-refractivity contribution >= 4 is 5.97 Å². The Morgan fingerprint density at radius 1 is 1.43 bits per heavy atom. The number of carboxylic acids is 1. The second-order valence-electron chi connectivity index (χ2n) is 3.78. The first kappa shape index (κ1) is 9.21. The SMILES string of the molecule is NC(C(=O)O)[C@@H]1C[C@H]1c1ccccc1. The Morgan fingerprint density at radius 3 is 2.64 bits per heavy atom. The van der Waals surface area contributed by atoms with Gasteiger partial charge in [-0.05, 0) is 23.8 Å². The average molecular weight is 191 g/mol. The monoisotopic (exact) mass is 191 g/mol. The zero-order valence-electron chi connectivity index (χ0n) is 7.76. The largest absolute Gasteiger partial charge is 0.480 e. The fourth-order valence-corrected chi connectivity index (χ4v) is 1.88. The Bertz CT molecular complexity index is 336. The van der Waals surface area contributed by atoms with Crippen molar-refractivity contribution < 1.29 is 9.90 Å². The van der Waals surface area contributed by atoms with Gasteiger partial charge < -0.3 is 10.8 Å². The highest BCUT2D eigenvalue weighted by molar-refractivity contribution is 5.74. The van der Waals surface area contributed by atoms with Gasteiger partial charge in [0, 0.05) is 0 Å². The zero-order chi connectivity index (χ0) is 10.1. The molecule has 0 spiro atoms. The highest BCUT2D eigenvalue weighted by Gasteiger charge is 2.45. The highest BCUT2D eigenvalue weighted by atomic mass is 16.4. The van der Waals surface area contributed by atoms with Crippen molar-refractivity contribution in [2.24, 2.45) is 11.7 Å². The van der Waals surface area contributed by atoms with Gasteiger partial charge in [0.15, 0.2) is 0 Å². The van der Waals surface area contributed by atoms with Gasteiger partial charge in [0.2, 0.25) is 0 Å². The van der Waals surface area contributed by atoms with Crippen LogP contribution in [0.5, 0.6) is 0 Å². The second-order valence-corrected chi connectivity index (χ2v) is 3.78. The van der Waals surface area contributed by atoms with Crippen molar-refractivity contribution in [2.45, 2.75) is 18.4 Å². The van der Waals surface area contributed by atoms with Gasteiger partial charge in [0.05, 0.1) is 0 Å². The summed E-state index contributed by atoms with van der Waals surface area (Å²) >= 11 is 0. The summed E-state index contributed by atoms with van der Waals surface area (Å²) in [4.78, 5) is 10.6. The molecule has 1 unspecified atom stereocenters. The van der Waals surface area contributed by atoms with Crippen molar-refractivity contribution in [3.63, 3.8) is 0 Å². The van der Waals surface area contributed by atoms with Crippen LogP contribution in [0.3, 0.4) is 0 Å². The van der Waals surface area contributed by atoms with Gasteiger partial charge in [0.25, 0.3) is 0 Å². The summed E-state index contributed by atoms with van der Waals surface area (Å²) in [6, 6.07) is 9.24. The Labute approximate surface area is 82.5 Å².